The molecule has 0 aromatic rings. The van der Waals surface area contributed by atoms with Crippen LogP contribution in [-0.2, 0) is 10.0 Å². The molecule has 0 aliphatic carbocycles. The molecule has 5 nitrogen and oxygen atoms in total. The van der Waals surface area contributed by atoms with Crippen molar-refractivity contribution in [3.8, 4) is 0 Å². The minimum Gasteiger partial charge on any atom is -0.396 e. The lowest BCUT2D eigenvalue weighted by atomic mass is 10.0. The molecule has 1 rings (SSSR count). The van der Waals surface area contributed by atoms with Crippen LogP contribution in [0.15, 0.2) is 0 Å². The fourth-order valence-corrected chi connectivity index (χ4v) is 3.98. The van der Waals surface area contributed by atoms with Gasteiger partial charge in [0, 0.05) is 25.7 Å². The van der Waals surface area contributed by atoms with Gasteiger partial charge in [0.1, 0.15) is 0 Å². The van der Waals surface area contributed by atoms with Crippen LogP contribution < -0.4 is 5.32 Å². The maximum absolute atomic E-state index is 12.1. The van der Waals surface area contributed by atoms with Crippen LogP contribution in [0, 0.1) is 0 Å². The summed E-state index contributed by atoms with van der Waals surface area (Å²) >= 11 is 0. The molecule has 0 aromatic carbocycles. The predicted octanol–water partition coefficient (Wildman–Crippen LogP) is 0.163. The van der Waals surface area contributed by atoms with E-state index in [2.05, 4.69) is 5.32 Å². The minimum absolute atomic E-state index is 0.000349. The van der Waals surface area contributed by atoms with E-state index in [0.29, 0.717) is 19.5 Å². The quantitative estimate of drug-likeness (QED) is 0.643. The van der Waals surface area contributed by atoms with E-state index in [1.54, 1.807) is 4.31 Å². The number of rotatable bonds is 7. The van der Waals surface area contributed by atoms with E-state index in [1.807, 2.05) is 6.92 Å². The van der Waals surface area contributed by atoms with Gasteiger partial charge in [-0.25, -0.2) is 8.42 Å². The Morgan fingerprint density at radius 1 is 1.41 bits per heavy atom. The topological polar surface area (TPSA) is 69.6 Å². The van der Waals surface area contributed by atoms with Gasteiger partial charge in [-0.1, -0.05) is 13.3 Å². The molecule has 0 spiro atoms. The molecule has 1 aliphatic rings. The first-order chi connectivity index (χ1) is 8.11. The summed E-state index contributed by atoms with van der Waals surface area (Å²) in [6.07, 6.45) is 3.42. The highest BCUT2D eigenvalue weighted by molar-refractivity contribution is 7.89. The van der Waals surface area contributed by atoms with E-state index < -0.39 is 10.0 Å². The van der Waals surface area contributed by atoms with Gasteiger partial charge in [-0.15, -0.1) is 0 Å². The first-order valence-electron chi connectivity index (χ1n) is 6.43. The minimum atomic E-state index is -3.17. The van der Waals surface area contributed by atoms with Crippen molar-refractivity contribution in [1.29, 1.82) is 0 Å². The Bertz CT molecular complexity index is 304. The number of sulfonamides is 1. The molecule has 1 unspecified atom stereocenters. The van der Waals surface area contributed by atoms with Crippen molar-refractivity contribution < 1.29 is 13.5 Å². The summed E-state index contributed by atoms with van der Waals surface area (Å²) < 4.78 is 25.9. The molecule has 1 saturated heterocycles. The van der Waals surface area contributed by atoms with E-state index in [9.17, 15) is 8.42 Å². The van der Waals surface area contributed by atoms with E-state index in [4.69, 9.17) is 5.11 Å². The largest absolute Gasteiger partial charge is 0.396 e. The normalized spacial score (nSPS) is 22.8. The second-order valence-electron chi connectivity index (χ2n) is 4.44. The molecule has 1 heterocycles. The average molecular weight is 264 g/mol. The highest BCUT2D eigenvalue weighted by Gasteiger charge is 2.31. The Morgan fingerprint density at radius 2 is 2.18 bits per heavy atom. The van der Waals surface area contributed by atoms with Crippen LogP contribution in [0.1, 0.15) is 32.6 Å². The molecule has 0 aromatic heterocycles. The third-order valence-electron chi connectivity index (χ3n) is 3.18. The Hall–Kier alpha value is -0.170. The Labute approximate surface area is 104 Å². The number of nitrogens with one attached hydrogen (secondary N) is 1. The zero-order valence-electron chi connectivity index (χ0n) is 10.6. The monoisotopic (exact) mass is 264 g/mol. The number of aliphatic hydroxyl groups is 1. The van der Waals surface area contributed by atoms with E-state index in [0.717, 1.165) is 25.8 Å². The maximum atomic E-state index is 12.1. The van der Waals surface area contributed by atoms with Crippen molar-refractivity contribution in [2.75, 3.05) is 32.0 Å². The molecule has 17 heavy (non-hydrogen) atoms. The van der Waals surface area contributed by atoms with Crippen LogP contribution in [0.4, 0.5) is 0 Å². The smallest absolute Gasteiger partial charge is 0.215 e. The summed E-state index contributed by atoms with van der Waals surface area (Å²) in [5, 5.41) is 12.0. The van der Waals surface area contributed by atoms with Gasteiger partial charge in [0.25, 0.3) is 0 Å². The number of aliphatic hydroxyl groups excluding tert-OH is 1. The van der Waals surface area contributed by atoms with Gasteiger partial charge in [-0.2, -0.15) is 4.31 Å². The predicted molar refractivity (Wildman–Crippen MR) is 68.4 cm³/mol. The summed E-state index contributed by atoms with van der Waals surface area (Å²) in [5.74, 6) is 0.156. The number of nitrogens with zero attached hydrogens (tertiary/aromatic N) is 1. The maximum Gasteiger partial charge on any atom is 0.215 e. The fraction of sp³-hybridized carbons (Fsp3) is 1.00. The Kier molecular flexibility index (Phi) is 6.40. The molecule has 1 aliphatic heterocycles. The van der Waals surface area contributed by atoms with Crippen molar-refractivity contribution in [3.05, 3.63) is 0 Å². The van der Waals surface area contributed by atoms with Crippen LogP contribution >= 0.6 is 0 Å². The van der Waals surface area contributed by atoms with Crippen molar-refractivity contribution >= 4 is 10.0 Å². The zero-order valence-corrected chi connectivity index (χ0v) is 11.4. The van der Waals surface area contributed by atoms with Gasteiger partial charge in [0.05, 0.1) is 5.75 Å². The van der Waals surface area contributed by atoms with E-state index >= 15 is 0 Å². The second-order valence-corrected chi connectivity index (χ2v) is 6.48. The van der Waals surface area contributed by atoms with Gasteiger partial charge in [0.2, 0.25) is 10.0 Å². The highest BCUT2D eigenvalue weighted by Crippen LogP contribution is 2.22. The van der Waals surface area contributed by atoms with E-state index in [-0.39, 0.29) is 18.4 Å². The van der Waals surface area contributed by atoms with Crippen LogP contribution in [0.25, 0.3) is 0 Å². The molecule has 102 valence electrons. The highest BCUT2D eigenvalue weighted by atomic mass is 32.2. The first kappa shape index (κ1) is 14.9. The fourth-order valence-electron chi connectivity index (χ4n) is 2.27. The number of hydrogen-bond donors (Lipinski definition) is 2. The summed E-state index contributed by atoms with van der Waals surface area (Å²) in [6, 6.07) is 0.000349. The molecule has 0 amide bonds. The van der Waals surface area contributed by atoms with Crippen LogP contribution in [0.5, 0.6) is 0 Å². The lowest BCUT2D eigenvalue weighted by Crippen LogP contribution is -2.46. The molecule has 0 radical (unpaired) electrons. The first-order valence-corrected chi connectivity index (χ1v) is 8.04. The molecule has 1 atom stereocenters. The molecular weight excluding hydrogens is 240 g/mol. The number of hydrogen-bond acceptors (Lipinski definition) is 4. The summed E-state index contributed by atoms with van der Waals surface area (Å²) in [7, 11) is -3.17. The third kappa shape index (κ3) is 4.54. The van der Waals surface area contributed by atoms with E-state index in [1.165, 1.54) is 0 Å². The third-order valence-corrected chi connectivity index (χ3v) is 5.09. The average Bonchev–Trinajstić information content (AvgIpc) is 2.30. The number of piperidine rings is 1. The summed E-state index contributed by atoms with van der Waals surface area (Å²) in [6.45, 7) is 3.92. The van der Waals surface area contributed by atoms with Crippen molar-refractivity contribution in [1.82, 2.24) is 9.62 Å². The van der Waals surface area contributed by atoms with Gasteiger partial charge in [-0.3, -0.25) is 0 Å². The van der Waals surface area contributed by atoms with Gasteiger partial charge in [-0.05, 0) is 25.8 Å². The van der Waals surface area contributed by atoms with Crippen LogP contribution in [0.2, 0.25) is 0 Å². The molecule has 1 fully saturated rings. The van der Waals surface area contributed by atoms with Crippen molar-refractivity contribution in [2.45, 2.75) is 38.6 Å². The van der Waals surface area contributed by atoms with Gasteiger partial charge >= 0.3 is 0 Å². The summed E-state index contributed by atoms with van der Waals surface area (Å²) in [4.78, 5) is 0. The molecular formula is C11H24N2O3S. The zero-order chi connectivity index (χ0) is 12.7. The van der Waals surface area contributed by atoms with Crippen molar-refractivity contribution in [3.63, 3.8) is 0 Å². The molecule has 0 saturated carbocycles. The van der Waals surface area contributed by atoms with Gasteiger partial charge in [0.15, 0.2) is 0 Å². The lowest BCUT2D eigenvalue weighted by molar-refractivity contribution is 0.192. The second kappa shape index (κ2) is 7.31. The Balaban J connectivity index is 2.59. The molecule has 6 heteroatoms. The Morgan fingerprint density at radius 3 is 2.82 bits per heavy atom. The SMILES string of the molecule is CCNCCS(=O)(=O)N1CCCCC1CCO. The standard InChI is InChI=1S/C11H24N2O3S/c1-2-12-7-10-17(15,16)13-8-4-3-5-11(13)6-9-14/h11-12,14H,2-10H2,1H3. The molecule has 2 N–H and O–H groups in total. The van der Waals surface area contributed by atoms with Crippen LogP contribution in [0.3, 0.4) is 0 Å². The van der Waals surface area contributed by atoms with Crippen molar-refractivity contribution in [2.24, 2.45) is 0 Å². The van der Waals surface area contributed by atoms with Gasteiger partial charge < -0.3 is 10.4 Å². The molecule has 0 bridgehead atoms. The van der Waals surface area contributed by atoms with Crippen LogP contribution in [-0.4, -0.2) is 55.9 Å². The lowest BCUT2D eigenvalue weighted by Gasteiger charge is -2.34. The summed E-state index contributed by atoms with van der Waals surface area (Å²) in [5.41, 5.74) is 0.